The second-order valence-corrected chi connectivity index (χ2v) is 4.66. The molecule has 3 aromatic rings. The van der Waals surface area contributed by atoms with E-state index in [1.807, 2.05) is 59.3 Å². The zero-order valence-electron chi connectivity index (χ0n) is 11.2. The highest BCUT2D eigenvalue weighted by Gasteiger charge is 2.14. The van der Waals surface area contributed by atoms with E-state index in [0.29, 0.717) is 12.1 Å². The Morgan fingerprint density at radius 1 is 1.20 bits per heavy atom. The molecule has 0 radical (unpaired) electrons. The van der Waals surface area contributed by atoms with Crippen LogP contribution in [0.3, 0.4) is 0 Å². The molecule has 4 nitrogen and oxygen atoms in total. The van der Waals surface area contributed by atoms with Crippen molar-refractivity contribution in [2.45, 2.75) is 12.5 Å². The zero-order chi connectivity index (χ0) is 13.9. The number of ether oxygens (including phenoxy) is 1. The van der Waals surface area contributed by atoms with Crippen molar-refractivity contribution in [2.24, 2.45) is 0 Å². The number of nitrogens with zero attached hydrogens (tertiary/aromatic N) is 2. The number of hydrogen-bond donors (Lipinski definition) is 1. The summed E-state index contributed by atoms with van der Waals surface area (Å²) < 4.78 is 7.21. The molecule has 20 heavy (non-hydrogen) atoms. The molecule has 1 N–H and O–H groups in total. The van der Waals surface area contributed by atoms with E-state index in [1.165, 1.54) is 0 Å². The maximum absolute atomic E-state index is 10.4. The van der Waals surface area contributed by atoms with Crippen LogP contribution in [0.4, 0.5) is 0 Å². The summed E-state index contributed by atoms with van der Waals surface area (Å²) in [5.74, 6) is 0.787. The third-order valence-electron chi connectivity index (χ3n) is 3.33. The zero-order valence-corrected chi connectivity index (χ0v) is 11.2. The maximum atomic E-state index is 10.4. The van der Waals surface area contributed by atoms with Gasteiger partial charge in [-0.05, 0) is 23.8 Å². The Bertz CT molecular complexity index is 688. The van der Waals surface area contributed by atoms with Crippen LogP contribution in [0.2, 0.25) is 0 Å². The Morgan fingerprint density at radius 2 is 2.00 bits per heavy atom. The second-order valence-electron chi connectivity index (χ2n) is 4.66. The summed E-state index contributed by atoms with van der Waals surface area (Å²) in [6.07, 6.45) is 3.61. The van der Waals surface area contributed by atoms with Crippen molar-refractivity contribution in [2.75, 3.05) is 7.11 Å². The van der Waals surface area contributed by atoms with Gasteiger partial charge in [0.2, 0.25) is 0 Å². The number of imidazole rings is 1. The third kappa shape index (κ3) is 2.38. The standard InChI is InChI=1S/C16H16N2O2/c1-20-15-7-3-2-6-12(15)10-14(19)13-11-18-9-5-4-8-16(18)17-13/h2-9,11,14,19H,10H2,1H3. The van der Waals surface area contributed by atoms with E-state index in [9.17, 15) is 5.11 Å². The predicted molar refractivity (Wildman–Crippen MR) is 76.8 cm³/mol. The second kappa shape index (κ2) is 5.35. The molecule has 4 heteroatoms. The monoisotopic (exact) mass is 268 g/mol. The lowest BCUT2D eigenvalue weighted by molar-refractivity contribution is 0.173. The normalized spacial score (nSPS) is 12.5. The molecule has 0 saturated carbocycles. The van der Waals surface area contributed by atoms with Crippen molar-refractivity contribution in [1.29, 1.82) is 0 Å². The predicted octanol–water partition coefficient (Wildman–Crippen LogP) is 2.62. The molecule has 1 aromatic carbocycles. The molecule has 3 rings (SSSR count). The van der Waals surface area contributed by atoms with Crippen LogP contribution in [-0.4, -0.2) is 21.6 Å². The first-order valence-electron chi connectivity index (χ1n) is 6.51. The van der Waals surface area contributed by atoms with Crippen molar-refractivity contribution in [3.63, 3.8) is 0 Å². The van der Waals surface area contributed by atoms with E-state index in [0.717, 1.165) is 17.0 Å². The van der Waals surface area contributed by atoms with Gasteiger partial charge in [0.05, 0.1) is 12.8 Å². The molecule has 0 spiro atoms. The summed E-state index contributed by atoms with van der Waals surface area (Å²) in [6, 6.07) is 13.5. The summed E-state index contributed by atoms with van der Waals surface area (Å²) in [4.78, 5) is 4.44. The fourth-order valence-electron chi connectivity index (χ4n) is 2.30. The molecule has 1 atom stereocenters. The minimum Gasteiger partial charge on any atom is -0.496 e. The van der Waals surface area contributed by atoms with Gasteiger partial charge in [0.1, 0.15) is 17.5 Å². The van der Waals surface area contributed by atoms with Crippen molar-refractivity contribution < 1.29 is 9.84 Å². The number of benzene rings is 1. The summed E-state index contributed by atoms with van der Waals surface area (Å²) in [5.41, 5.74) is 2.48. The lowest BCUT2D eigenvalue weighted by atomic mass is 10.1. The number of aliphatic hydroxyl groups is 1. The van der Waals surface area contributed by atoms with Gasteiger partial charge < -0.3 is 14.2 Å². The van der Waals surface area contributed by atoms with Gasteiger partial charge in [0, 0.05) is 18.8 Å². The fraction of sp³-hybridized carbons (Fsp3) is 0.188. The van der Waals surface area contributed by atoms with Crippen LogP contribution in [0.15, 0.2) is 54.9 Å². The quantitative estimate of drug-likeness (QED) is 0.791. The molecule has 2 heterocycles. The Hall–Kier alpha value is -2.33. The topological polar surface area (TPSA) is 46.8 Å². The van der Waals surface area contributed by atoms with Crippen LogP contribution >= 0.6 is 0 Å². The van der Waals surface area contributed by atoms with Gasteiger partial charge in [0.25, 0.3) is 0 Å². The molecule has 0 aliphatic carbocycles. The SMILES string of the molecule is COc1ccccc1CC(O)c1cn2ccccc2n1. The largest absolute Gasteiger partial charge is 0.496 e. The molecule has 0 amide bonds. The van der Waals surface area contributed by atoms with Crippen LogP contribution in [0, 0.1) is 0 Å². The average Bonchev–Trinajstić information content (AvgIpc) is 2.92. The summed E-state index contributed by atoms with van der Waals surface area (Å²) in [6.45, 7) is 0. The molecule has 0 fully saturated rings. The van der Waals surface area contributed by atoms with Crippen LogP contribution in [-0.2, 0) is 6.42 Å². The number of fused-ring (bicyclic) bond motifs is 1. The molecular weight excluding hydrogens is 252 g/mol. The van der Waals surface area contributed by atoms with E-state index < -0.39 is 6.10 Å². The fourth-order valence-corrected chi connectivity index (χ4v) is 2.30. The minimum absolute atomic E-state index is 0.480. The number of para-hydroxylation sites is 1. The lowest BCUT2D eigenvalue weighted by Crippen LogP contribution is -2.03. The van der Waals surface area contributed by atoms with E-state index >= 15 is 0 Å². The van der Waals surface area contributed by atoms with Gasteiger partial charge in [0.15, 0.2) is 0 Å². The summed E-state index contributed by atoms with van der Waals surface area (Å²) >= 11 is 0. The van der Waals surface area contributed by atoms with E-state index in [4.69, 9.17) is 4.74 Å². The van der Waals surface area contributed by atoms with Gasteiger partial charge in [-0.1, -0.05) is 24.3 Å². The summed E-state index contributed by atoms with van der Waals surface area (Å²) in [5, 5.41) is 10.4. The maximum Gasteiger partial charge on any atom is 0.137 e. The van der Waals surface area contributed by atoms with Gasteiger partial charge in [-0.25, -0.2) is 4.98 Å². The highest BCUT2D eigenvalue weighted by atomic mass is 16.5. The smallest absolute Gasteiger partial charge is 0.137 e. The van der Waals surface area contributed by atoms with Crippen LogP contribution in [0.1, 0.15) is 17.4 Å². The third-order valence-corrected chi connectivity index (χ3v) is 3.33. The number of aliphatic hydroxyl groups excluding tert-OH is 1. The van der Waals surface area contributed by atoms with E-state index in [2.05, 4.69) is 4.98 Å². The molecule has 1 unspecified atom stereocenters. The number of rotatable bonds is 4. The van der Waals surface area contributed by atoms with Crippen molar-refractivity contribution in [3.8, 4) is 5.75 Å². The van der Waals surface area contributed by atoms with Gasteiger partial charge in [-0.2, -0.15) is 0 Å². The first-order valence-corrected chi connectivity index (χ1v) is 6.51. The molecule has 2 aromatic heterocycles. The van der Waals surface area contributed by atoms with Crippen LogP contribution < -0.4 is 4.74 Å². The van der Waals surface area contributed by atoms with Crippen LogP contribution in [0.5, 0.6) is 5.75 Å². The molecule has 0 aliphatic rings. The lowest BCUT2D eigenvalue weighted by Gasteiger charge is -2.11. The average molecular weight is 268 g/mol. The van der Waals surface area contributed by atoms with Gasteiger partial charge in [-0.15, -0.1) is 0 Å². The van der Waals surface area contributed by atoms with Crippen molar-refractivity contribution in [1.82, 2.24) is 9.38 Å². The first kappa shape index (κ1) is 12.7. The highest BCUT2D eigenvalue weighted by Crippen LogP contribution is 2.24. The highest BCUT2D eigenvalue weighted by molar-refractivity contribution is 5.40. The van der Waals surface area contributed by atoms with E-state index in [-0.39, 0.29) is 0 Å². The molecular formula is C16H16N2O2. The Morgan fingerprint density at radius 3 is 2.80 bits per heavy atom. The molecule has 0 bridgehead atoms. The van der Waals surface area contributed by atoms with Gasteiger partial charge >= 0.3 is 0 Å². The number of hydrogen-bond acceptors (Lipinski definition) is 3. The Labute approximate surface area is 117 Å². The molecule has 102 valence electrons. The van der Waals surface area contributed by atoms with Crippen molar-refractivity contribution in [3.05, 3.63) is 66.1 Å². The van der Waals surface area contributed by atoms with Crippen molar-refractivity contribution >= 4 is 5.65 Å². The van der Waals surface area contributed by atoms with Crippen LogP contribution in [0.25, 0.3) is 5.65 Å². The number of methoxy groups -OCH3 is 1. The summed E-state index contributed by atoms with van der Waals surface area (Å²) in [7, 11) is 1.64. The number of aromatic nitrogens is 2. The van der Waals surface area contributed by atoms with Gasteiger partial charge in [-0.3, -0.25) is 0 Å². The number of pyridine rings is 1. The first-order chi connectivity index (χ1) is 9.78. The van der Waals surface area contributed by atoms with E-state index in [1.54, 1.807) is 7.11 Å². The minimum atomic E-state index is -0.647. The Kier molecular flexibility index (Phi) is 3.39. The molecule has 0 saturated heterocycles. The molecule has 0 aliphatic heterocycles. The Balaban J connectivity index is 1.87.